The number of rotatable bonds is 6. The van der Waals surface area contributed by atoms with Crippen molar-refractivity contribution in [1.82, 2.24) is 0 Å². The predicted molar refractivity (Wildman–Crippen MR) is 138 cm³/mol. The van der Waals surface area contributed by atoms with Crippen LogP contribution in [0.4, 0.5) is 5.69 Å². The van der Waals surface area contributed by atoms with Gasteiger partial charge >= 0.3 is 0 Å². The van der Waals surface area contributed by atoms with Gasteiger partial charge in [-0.2, -0.15) is 0 Å². The number of ether oxygens (including phenoxy) is 2. The van der Waals surface area contributed by atoms with E-state index in [0.717, 1.165) is 16.8 Å². The first-order valence-corrected chi connectivity index (χ1v) is 11.4. The molecule has 0 unspecified atom stereocenters. The van der Waals surface area contributed by atoms with Crippen molar-refractivity contribution in [2.24, 2.45) is 0 Å². The fourth-order valence-corrected chi connectivity index (χ4v) is 3.69. The van der Waals surface area contributed by atoms with Crippen molar-refractivity contribution in [2.45, 2.75) is 40.0 Å². The van der Waals surface area contributed by atoms with Crippen molar-refractivity contribution < 1.29 is 18.7 Å². The van der Waals surface area contributed by atoms with Crippen molar-refractivity contribution in [3.05, 3.63) is 93.8 Å². The third-order valence-electron chi connectivity index (χ3n) is 5.69. The molecule has 1 aromatic heterocycles. The fraction of sp³-hybridized carbons (Fsp3) is 0.241. The predicted octanol–water partition coefficient (Wildman–Crippen LogP) is 6.52. The summed E-state index contributed by atoms with van der Waals surface area (Å²) >= 11 is 0. The molecule has 0 aliphatic carbocycles. The van der Waals surface area contributed by atoms with Crippen LogP contribution in [0.5, 0.6) is 17.2 Å². The molecule has 180 valence electrons. The number of hydrogen-bond acceptors (Lipinski definition) is 5. The Morgan fingerprint density at radius 3 is 2.34 bits per heavy atom. The Morgan fingerprint density at radius 1 is 0.943 bits per heavy atom. The molecule has 0 aliphatic rings. The molecular weight excluding hydrogens is 442 g/mol. The molecule has 0 fully saturated rings. The number of amides is 1. The van der Waals surface area contributed by atoms with E-state index in [2.05, 4.69) is 26.1 Å². The summed E-state index contributed by atoms with van der Waals surface area (Å²) in [6, 6.07) is 18.3. The van der Waals surface area contributed by atoms with E-state index in [4.69, 9.17) is 13.9 Å². The fourth-order valence-electron chi connectivity index (χ4n) is 3.69. The van der Waals surface area contributed by atoms with Gasteiger partial charge in [0.05, 0.1) is 5.39 Å². The van der Waals surface area contributed by atoms with Gasteiger partial charge in [0.15, 0.2) is 6.61 Å². The second-order valence-electron chi connectivity index (χ2n) is 9.62. The normalized spacial score (nSPS) is 11.3. The molecule has 0 aliphatic heterocycles. The summed E-state index contributed by atoms with van der Waals surface area (Å²) in [6.45, 7) is 10.2. The van der Waals surface area contributed by atoms with Crippen molar-refractivity contribution >= 4 is 22.6 Å². The van der Waals surface area contributed by atoms with E-state index in [1.165, 1.54) is 11.8 Å². The third kappa shape index (κ3) is 5.72. The average molecular weight is 472 g/mol. The van der Waals surface area contributed by atoms with Gasteiger partial charge in [0, 0.05) is 11.8 Å². The van der Waals surface area contributed by atoms with Crippen LogP contribution in [-0.2, 0) is 10.2 Å². The van der Waals surface area contributed by atoms with E-state index in [0.29, 0.717) is 22.5 Å². The number of anilines is 1. The Bertz CT molecular complexity index is 1430. The Hall–Kier alpha value is -4.06. The third-order valence-corrected chi connectivity index (χ3v) is 5.69. The molecule has 4 rings (SSSR count). The van der Waals surface area contributed by atoms with Crippen LogP contribution in [0.15, 0.2) is 76.1 Å². The topological polar surface area (TPSA) is 77.8 Å². The first kappa shape index (κ1) is 24.1. The van der Waals surface area contributed by atoms with Crippen LogP contribution in [0.1, 0.15) is 37.5 Å². The van der Waals surface area contributed by atoms with Crippen LogP contribution in [0.25, 0.3) is 11.0 Å². The van der Waals surface area contributed by atoms with Gasteiger partial charge in [0.1, 0.15) is 23.3 Å². The highest BCUT2D eigenvalue weighted by atomic mass is 16.5. The molecule has 0 radical (unpaired) electrons. The molecule has 0 spiro atoms. The Balaban J connectivity index is 1.44. The lowest BCUT2D eigenvalue weighted by Gasteiger charge is -2.19. The van der Waals surface area contributed by atoms with Crippen molar-refractivity contribution in [1.29, 1.82) is 0 Å². The van der Waals surface area contributed by atoms with Gasteiger partial charge in [-0.3, -0.25) is 9.59 Å². The minimum absolute atomic E-state index is 0.0283. The standard InChI is InChI=1S/C29H29NO5/c1-18-6-13-24(19(2)14-18)30-27(31)17-33-22-11-12-23-25(15-22)34-16-26(28(23)32)35-21-9-7-20(8-10-21)29(3,4)5/h6-16H,17H2,1-5H3,(H,30,31). The summed E-state index contributed by atoms with van der Waals surface area (Å²) in [5.74, 6) is 0.796. The molecule has 3 aromatic carbocycles. The van der Waals surface area contributed by atoms with Crippen LogP contribution in [0.3, 0.4) is 0 Å². The summed E-state index contributed by atoms with van der Waals surface area (Å²) in [4.78, 5) is 25.2. The zero-order valence-corrected chi connectivity index (χ0v) is 20.6. The van der Waals surface area contributed by atoms with E-state index in [1.54, 1.807) is 18.2 Å². The van der Waals surface area contributed by atoms with E-state index in [1.807, 2.05) is 56.3 Å². The van der Waals surface area contributed by atoms with Crippen LogP contribution < -0.4 is 20.2 Å². The van der Waals surface area contributed by atoms with Gasteiger partial charge < -0.3 is 19.2 Å². The first-order chi connectivity index (χ1) is 16.6. The zero-order chi connectivity index (χ0) is 25.2. The lowest BCUT2D eigenvalue weighted by molar-refractivity contribution is -0.118. The highest BCUT2D eigenvalue weighted by Crippen LogP contribution is 2.27. The number of fused-ring (bicyclic) bond motifs is 1. The van der Waals surface area contributed by atoms with Crippen LogP contribution in [0, 0.1) is 13.8 Å². The smallest absolute Gasteiger partial charge is 0.262 e. The van der Waals surface area contributed by atoms with Gasteiger partial charge in [-0.15, -0.1) is 0 Å². The number of benzene rings is 3. The van der Waals surface area contributed by atoms with Gasteiger partial charge in [0.25, 0.3) is 5.91 Å². The number of nitrogens with one attached hydrogen (secondary N) is 1. The number of hydrogen-bond donors (Lipinski definition) is 1. The number of aryl methyl sites for hydroxylation is 2. The largest absolute Gasteiger partial charge is 0.484 e. The van der Waals surface area contributed by atoms with Gasteiger partial charge in [0.2, 0.25) is 11.2 Å². The van der Waals surface area contributed by atoms with Crippen molar-refractivity contribution in [2.75, 3.05) is 11.9 Å². The molecule has 1 amide bonds. The van der Waals surface area contributed by atoms with Crippen LogP contribution >= 0.6 is 0 Å². The summed E-state index contributed by atoms with van der Waals surface area (Å²) in [5, 5.41) is 3.20. The monoisotopic (exact) mass is 471 g/mol. The van der Waals surface area contributed by atoms with E-state index in [9.17, 15) is 9.59 Å². The minimum Gasteiger partial charge on any atom is -0.484 e. The van der Waals surface area contributed by atoms with E-state index < -0.39 is 0 Å². The van der Waals surface area contributed by atoms with Gasteiger partial charge in [-0.05, 0) is 60.7 Å². The molecule has 6 heteroatoms. The molecule has 0 saturated carbocycles. The Morgan fingerprint density at radius 2 is 1.66 bits per heavy atom. The number of carbonyl (C=O) groups excluding carboxylic acids is 1. The molecule has 1 N–H and O–H groups in total. The maximum atomic E-state index is 12.9. The van der Waals surface area contributed by atoms with E-state index in [-0.39, 0.29) is 29.1 Å². The summed E-state index contributed by atoms with van der Waals surface area (Å²) in [5.41, 5.74) is 4.11. The maximum Gasteiger partial charge on any atom is 0.262 e. The van der Waals surface area contributed by atoms with Crippen molar-refractivity contribution in [3.63, 3.8) is 0 Å². The highest BCUT2D eigenvalue weighted by molar-refractivity contribution is 5.92. The van der Waals surface area contributed by atoms with Gasteiger partial charge in [-0.1, -0.05) is 50.6 Å². The second-order valence-corrected chi connectivity index (χ2v) is 9.62. The Kier molecular flexibility index (Phi) is 6.65. The lowest BCUT2D eigenvalue weighted by atomic mass is 9.87. The molecule has 4 aromatic rings. The van der Waals surface area contributed by atoms with Crippen LogP contribution in [0.2, 0.25) is 0 Å². The molecular formula is C29H29NO5. The molecule has 0 bridgehead atoms. The van der Waals surface area contributed by atoms with Crippen molar-refractivity contribution in [3.8, 4) is 17.2 Å². The first-order valence-electron chi connectivity index (χ1n) is 11.4. The second kappa shape index (κ2) is 9.66. The molecule has 1 heterocycles. The summed E-state index contributed by atoms with van der Waals surface area (Å²) in [6.07, 6.45) is 1.29. The Labute approximate surface area is 204 Å². The average Bonchev–Trinajstić information content (AvgIpc) is 2.81. The maximum absolute atomic E-state index is 12.9. The summed E-state index contributed by atoms with van der Waals surface area (Å²) in [7, 11) is 0. The molecule has 0 saturated heterocycles. The molecule has 35 heavy (non-hydrogen) atoms. The molecule has 6 nitrogen and oxygen atoms in total. The van der Waals surface area contributed by atoms with Crippen LogP contribution in [-0.4, -0.2) is 12.5 Å². The quantitative estimate of drug-likeness (QED) is 0.346. The minimum atomic E-state index is -0.287. The van der Waals surface area contributed by atoms with Gasteiger partial charge in [-0.25, -0.2) is 0 Å². The number of carbonyl (C=O) groups is 1. The zero-order valence-electron chi connectivity index (χ0n) is 20.6. The molecule has 0 atom stereocenters. The SMILES string of the molecule is Cc1ccc(NC(=O)COc2ccc3c(=O)c(Oc4ccc(C(C)(C)C)cc4)coc3c2)c(C)c1. The van der Waals surface area contributed by atoms with E-state index >= 15 is 0 Å². The summed E-state index contributed by atoms with van der Waals surface area (Å²) < 4.78 is 17.0. The lowest BCUT2D eigenvalue weighted by Crippen LogP contribution is -2.20. The highest BCUT2D eigenvalue weighted by Gasteiger charge is 2.15.